The van der Waals surface area contributed by atoms with Gasteiger partial charge in [0.1, 0.15) is 23.2 Å². The molecular weight excluding hydrogens is 434 g/mol. The zero-order chi connectivity index (χ0) is 24.3. The van der Waals surface area contributed by atoms with Crippen molar-refractivity contribution < 1.29 is 23.5 Å². The Morgan fingerprint density at radius 3 is 2.50 bits per heavy atom. The smallest absolute Gasteiger partial charge is 0.267 e. The number of nitrogens with one attached hydrogen (secondary N) is 1. The Balaban J connectivity index is 1.61. The van der Waals surface area contributed by atoms with Crippen molar-refractivity contribution in [2.24, 2.45) is 0 Å². The molecule has 0 unspecified atom stereocenters. The number of carbonyl (C=O) groups excluding carboxylic acids is 1. The maximum Gasteiger partial charge on any atom is 0.267 e. The molecule has 0 aliphatic carbocycles. The van der Waals surface area contributed by atoms with E-state index in [2.05, 4.69) is 10.5 Å². The monoisotopic (exact) mass is 461 g/mol. The summed E-state index contributed by atoms with van der Waals surface area (Å²) < 4.78 is 22.3. The van der Waals surface area contributed by atoms with Crippen molar-refractivity contribution in [3.63, 3.8) is 0 Å². The van der Waals surface area contributed by atoms with Gasteiger partial charge in [0.25, 0.3) is 5.91 Å². The first-order chi connectivity index (χ1) is 16.5. The van der Waals surface area contributed by atoms with Gasteiger partial charge in [0.05, 0.1) is 19.8 Å². The van der Waals surface area contributed by atoms with Crippen LogP contribution in [0, 0.1) is 25.2 Å². The minimum Gasteiger partial charge on any atom is -0.493 e. The molecule has 34 heavy (non-hydrogen) atoms. The molecule has 8 heteroatoms. The molecule has 3 rings (SSSR count). The molecule has 0 saturated heterocycles. The Bertz CT molecular complexity index is 1190. The van der Waals surface area contributed by atoms with E-state index in [1.54, 1.807) is 31.2 Å². The van der Waals surface area contributed by atoms with Crippen LogP contribution in [0.4, 0.5) is 5.82 Å². The predicted molar refractivity (Wildman–Crippen MR) is 128 cm³/mol. The van der Waals surface area contributed by atoms with Crippen LogP contribution in [0.5, 0.6) is 17.2 Å². The summed E-state index contributed by atoms with van der Waals surface area (Å²) in [6.07, 6.45) is 2.17. The van der Waals surface area contributed by atoms with E-state index in [1.807, 2.05) is 44.2 Å². The van der Waals surface area contributed by atoms with Crippen molar-refractivity contribution in [2.75, 3.05) is 25.1 Å². The predicted octanol–water partition coefficient (Wildman–Crippen LogP) is 5.08. The minimum absolute atomic E-state index is 0.0786. The van der Waals surface area contributed by atoms with E-state index in [4.69, 9.17) is 18.7 Å². The lowest BCUT2D eigenvalue weighted by molar-refractivity contribution is -0.112. The normalized spacial score (nSPS) is 10.9. The molecule has 2 aromatic carbocycles. The fourth-order valence-electron chi connectivity index (χ4n) is 3.07. The van der Waals surface area contributed by atoms with E-state index >= 15 is 0 Å². The van der Waals surface area contributed by atoms with Crippen LogP contribution in [-0.4, -0.2) is 30.9 Å². The summed E-state index contributed by atoms with van der Waals surface area (Å²) in [6.45, 7) is 7.01. The fourth-order valence-corrected chi connectivity index (χ4v) is 3.07. The molecule has 3 aromatic rings. The van der Waals surface area contributed by atoms with E-state index in [9.17, 15) is 10.1 Å². The first-order valence-electron chi connectivity index (χ1n) is 10.9. The summed E-state index contributed by atoms with van der Waals surface area (Å²) in [7, 11) is 0. The van der Waals surface area contributed by atoms with Gasteiger partial charge in [0.15, 0.2) is 17.3 Å². The van der Waals surface area contributed by atoms with Gasteiger partial charge in [-0.3, -0.25) is 4.79 Å². The third kappa shape index (κ3) is 6.87. The molecule has 0 spiro atoms. The van der Waals surface area contributed by atoms with Crippen LogP contribution in [0.2, 0.25) is 0 Å². The summed E-state index contributed by atoms with van der Waals surface area (Å²) in [5.41, 5.74) is 1.64. The molecule has 176 valence electrons. The standard InChI is InChI=1S/C26H27N3O5/c1-4-31-24-16-20(15-21(17-27)26(30)28-25-14-19(3)34-29-25)10-11-23(24)33-13-7-12-32-22-9-6-5-8-18(22)2/h5-6,8-11,14-16H,4,7,12-13H2,1-3H3,(H,28,29,30)/b21-15-. The van der Waals surface area contributed by atoms with Crippen LogP contribution < -0.4 is 19.5 Å². The number of aryl methyl sites for hydroxylation is 2. The molecular formula is C26H27N3O5. The highest BCUT2D eigenvalue weighted by atomic mass is 16.5. The molecule has 8 nitrogen and oxygen atoms in total. The van der Waals surface area contributed by atoms with Crippen molar-refractivity contribution in [3.8, 4) is 23.3 Å². The summed E-state index contributed by atoms with van der Waals surface area (Å²) >= 11 is 0. The van der Waals surface area contributed by atoms with Gasteiger partial charge in [0, 0.05) is 12.5 Å². The Morgan fingerprint density at radius 1 is 1.06 bits per heavy atom. The quantitative estimate of drug-likeness (QED) is 0.241. The summed E-state index contributed by atoms with van der Waals surface area (Å²) in [6, 6.07) is 16.6. The maximum absolute atomic E-state index is 12.4. The largest absolute Gasteiger partial charge is 0.493 e. The van der Waals surface area contributed by atoms with Gasteiger partial charge in [-0.1, -0.05) is 29.4 Å². The second-order valence-electron chi connectivity index (χ2n) is 7.40. The number of benzene rings is 2. The Kier molecular flexibility index (Phi) is 8.69. The Hall–Kier alpha value is -4.25. The number of nitrogens with zero attached hydrogens (tertiary/aromatic N) is 2. The van der Waals surface area contributed by atoms with Crippen LogP contribution in [0.1, 0.15) is 30.2 Å². The molecule has 1 heterocycles. The average Bonchev–Trinajstić information content (AvgIpc) is 3.24. The second kappa shape index (κ2) is 12.1. The summed E-state index contributed by atoms with van der Waals surface area (Å²) in [4.78, 5) is 12.4. The van der Waals surface area contributed by atoms with Crippen molar-refractivity contribution in [1.82, 2.24) is 5.16 Å². The van der Waals surface area contributed by atoms with E-state index in [0.29, 0.717) is 49.1 Å². The summed E-state index contributed by atoms with van der Waals surface area (Å²) in [5.74, 6) is 2.19. The zero-order valence-corrected chi connectivity index (χ0v) is 19.5. The van der Waals surface area contributed by atoms with Crippen molar-refractivity contribution in [2.45, 2.75) is 27.2 Å². The number of hydrogen-bond acceptors (Lipinski definition) is 7. The van der Waals surface area contributed by atoms with Crippen molar-refractivity contribution in [1.29, 1.82) is 5.26 Å². The number of para-hydroxylation sites is 1. The molecule has 1 aromatic heterocycles. The Labute approximate surface area is 198 Å². The van der Waals surface area contributed by atoms with Gasteiger partial charge < -0.3 is 24.1 Å². The van der Waals surface area contributed by atoms with Crippen LogP contribution in [0.25, 0.3) is 6.08 Å². The Morgan fingerprint density at radius 2 is 1.82 bits per heavy atom. The third-order valence-corrected chi connectivity index (χ3v) is 4.71. The average molecular weight is 462 g/mol. The van der Waals surface area contributed by atoms with Crippen LogP contribution >= 0.6 is 0 Å². The SMILES string of the molecule is CCOc1cc(/C=C(/C#N)C(=O)Nc2cc(C)on2)ccc1OCCCOc1ccccc1C. The topological polar surface area (TPSA) is 107 Å². The zero-order valence-electron chi connectivity index (χ0n) is 19.5. The van der Waals surface area contributed by atoms with E-state index in [0.717, 1.165) is 11.3 Å². The van der Waals surface area contributed by atoms with Gasteiger partial charge in [-0.05, 0) is 56.2 Å². The minimum atomic E-state index is -0.581. The second-order valence-corrected chi connectivity index (χ2v) is 7.40. The molecule has 0 aliphatic rings. The van der Waals surface area contributed by atoms with Crippen LogP contribution in [0.15, 0.2) is 58.6 Å². The number of carbonyl (C=O) groups is 1. The van der Waals surface area contributed by atoms with E-state index < -0.39 is 5.91 Å². The van der Waals surface area contributed by atoms with Gasteiger partial charge in [-0.25, -0.2) is 0 Å². The molecule has 0 fully saturated rings. The highest BCUT2D eigenvalue weighted by molar-refractivity contribution is 6.09. The number of aromatic nitrogens is 1. The number of rotatable bonds is 11. The lowest BCUT2D eigenvalue weighted by atomic mass is 10.1. The number of ether oxygens (including phenoxy) is 3. The highest BCUT2D eigenvalue weighted by Crippen LogP contribution is 2.29. The molecule has 1 amide bonds. The van der Waals surface area contributed by atoms with Gasteiger partial charge in [-0.2, -0.15) is 5.26 Å². The lowest BCUT2D eigenvalue weighted by Gasteiger charge is -2.13. The van der Waals surface area contributed by atoms with Crippen LogP contribution in [0.3, 0.4) is 0 Å². The molecule has 0 aliphatic heterocycles. The molecule has 0 radical (unpaired) electrons. The van der Waals surface area contributed by atoms with Crippen LogP contribution in [-0.2, 0) is 4.79 Å². The lowest BCUT2D eigenvalue weighted by Crippen LogP contribution is -2.13. The molecule has 1 N–H and O–H groups in total. The number of hydrogen-bond donors (Lipinski definition) is 1. The van der Waals surface area contributed by atoms with Crippen molar-refractivity contribution >= 4 is 17.8 Å². The van der Waals surface area contributed by atoms with E-state index in [-0.39, 0.29) is 11.4 Å². The van der Waals surface area contributed by atoms with Gasteiger partial charge >= 0.3 is 0 Å². The van der Waals surface area contributed by atoms with Gasteiger partial charge in [-0.15, -0.1) is 0 Å². The molecule has 0 atom stereocenters. The maximum atomic E-state index is 12.4. The number of anilines is 1. The summed E-state index contributed by atoms with van der Waals surface area (Å²) in [5, 5.41) is 15.7. The van der Waals surface area contributed by atoms with Gasteiger partial charge in [0.2, 0.25) is 0 Å². The first kappa shape index (κ1) is 24.4. The molecule has 0 bridgehead atoms. The third-order valence-electron chi connectivity index (χ3n) is 4.71. The van der Waals surface area contributed by atoms with Crippen molar-refractivity contribution in [3.05, 3.63) is 71.0 Å². The number of amides is 1. The van der Waals surface area contributed by atoms with E-state index in [1.165, 1.54) is 6.08 Å². The highest BCUT2D eigenvalue weighted by Gasteiger charge is 2.13. The number of nitriles is 1. The fraction of sp³-hybridized carbons (Fsp3) is 0.269. The first-order valence-corrected chi connectivity index (χ1v) is 10.9. The molecule has 0 saturated carbocycles.